The molecule has 1 aromatic carbocycles. The van der Waals surface area contributed by atoms with Crippen LogP contribution in [-0.2, 0) is 32.7 Å². The Balaban J connectivity index is 1.69. The lowest BCUT2D eigenvalue weighted by molar-refractivity contribution is -0.142. The summed E-state index contributed by atoms with van der Waals surface area (Å²) < 4.78 is 15.9. The van der Waals surface area contributed by atoms with Crippen LogP contribution < -0.4 is 5.32 Å². The molecule has 1 atom stereocenters. The number of ether oxygens (including phenoxy) is 2. The first-order valence-electron chi connectivity index (χ1n) is 9.79. The van der Waals surface area contributed by atoms with Crippen molar-refractivity contribution in [3.05, 3.63) is 70.0 Å². The number of carbonyl (C=O) groups is 2. The van der Waals surface area contributed by atoms with E-state index in [-0.39, 0.29) is 13.2 Å². The molecule has 0 aliphatic heterocycles. The Morgan fingerprint density at radius 3 is 2.61 bits per heavy atom. The third kappa shape index (κ3) is 6.39. The van der Waals surface area contributed by atoms with Gasteiger partial charge >= 0.3 is 12.1 Å². The van der Waals surface area contributed by atoms with Crippen molar-refractivity contribution in [2.45, 2.75) is 45.3 Å². The van der Waals surface area contributed by atoms with Gasteiger partial charge in [0.1, 0.15) is 13.2 Å². The molecule has 31 heavy (non-hydrogen) atoms. The van der Waals surface area contributed by atoms with Crippen molar-refractivity contribution >= 4 is 23.4 Å². The summed E-state index contributed by atoms with van der Waals surface area (Å²) in [6.45, 7) is 5.07. The summed E-state index contributed by atoms with van der Waals surface area (Å²) in [4.78, 5) is 28.3. The molecule has 1 amide bonds. The number of esters is 1. The zero-order chi connectivity index (χ0) is 22.3. The number of amides is 1. The lowest BCUT2D eigenvalue weighted by Gasteiger charge is -2.31. The van der Waals surface area contributed by atoms with Crippen LogP contribution in [0.25, 0.3) is 0 Å². The van der Waals surface area contributed by atoms with E-state index in [4.69, 9.17) is 14.0 Å². The standard InChI is InChI=1S/C22H25N3O5S/c1-15(26)28-13-18(23-21(27)29-12-16-7-5-4-6-8-16)22(2,3)20-24-19(30-25-20)11-17-9-10-31-14-17/h4-10,14,18H,11-13H2,1-3H3,(H,23,27)/t18-/m1/s1. The van der Waals surface area contributed by atoms with Crippen molar-refractivity contribution in [1.29, 1.82) is 0 Å². The van der Waals surface area contributed by atoms with Crippen LogP contribution in [0.4, 0.5) is 4.79 Å². The lowest BCUT2D eigenvalue weighted by Crippen LogP contribution is -2.51. The normalized spacial score (nSPS) is 12.2. The SMILES string of the molecule is CC(=O)OC[C@@H](NC(=O)OCc1ccccc1)C(C)(C)c1noc(Cc2ccsc2)n1. The van der Waals surface area contributed by atoms with Crippen molar-refractivity contribution in [2.24, 2.45) is 0 Å². The van der Waals surface area contributed by atoms with E-state index < -0.39 is 23.5 Å². The number of nitrogens with one attached hydrogen (secondary N) is 1. The second-order valence-corrected chi connectivity index (χ2v) is 8.38. The second kappa shape index (κ2) is 10.2. The molecule has 0 fully saturated rings. The molecule has 2 aromatic heterocycles. The van der Waals surface area contributed by atoms with Crippen LogP contribution >= 0.6 is 11.3 Å². The number of nitrogens with zero attached hydrogens (tertiary/aromatic N) is 2. The molecule has 0 unspecified atom stereocenters. The molecule has 164 valence electrons. The Morgan fingerprint density at radius 2 is 1.94 bits per heavy atom. The van der Waals surface area contributed by atoms with Gasteiger partial charge in [-0.2, -0.15) is 16.3 Å². The number of hydrogen-bond donors (Lipinski definition) is 1. The smallest absolute Gasteiger partial charge is 0.407 e. The molecule has 3 rings (SSSR count). The van der Waals surface area contributed by atoms with Gasteiger partial charge in [0.05, 0.1) is 17.9 Å². The minimum atomic E-state index is -0.794. The van der Waals surface area contributed by atoms with E-state index in [1.165, 1.54) is 6.92 Å². The molecular weight excluding hydrogens is 418 g/mol. The van der Waals surface area contributed by atoms with E-state index in [2.05, 4.69) is 15.5 Å². The number of rotatable bonds is 9. The van der Waals surface area contributed by atoms with Crippen LogP contribution in [0.5, 0.6) is 0 Å². The molecule has 0 radical (unpaired) electrons. The van der Waals surface area contributed by atoms with E-state index in [9.17, 15) is 9.59 Å². The summed E-state index contributed by atoms with van der Waals surface area (Å²) in [5.74, 6) is 0.420. The van der Waals surface area contributed by atoms with E-state index >= 15 is 0 Å². The molecule has 0 aliphatic carbocycles. The summed E-state index contributed by atoms with van der Waals surface area (Å²) in [5.41, 5.74) is 1.15. The van der Waals surface area contributed by atoms with Gasteiger partial charge in [0, 0.05) is 6.92 Å². The van der Waals surface area contributed by atoms with Gasteiger partial charge in [-0.05, 0) is 28.0 Å². The Bertz CT molecular complexity index is 986. The Hall–Kier alpha value is -3.20. The Kier molecular flexibility index (Phi) is 7.41. The number of alkyl carbamates (subject to hydrolysis) is 1. The highest BCUT2D eigenvalue weighted by Gasteiger charge is 2.38. The molecule has 8 nitrogen and oxygen atoms in total. The van der Waals surface area contributed by atoms with E-state index in [1.807, 2.05) is 61.0 Å². The first-order valence-corrected chi connectivity index (χ1v) is 10.7. The predicted molar refractivity (Wildman–Crippen MR) is 115 cm³/mol. The van der Waals surface area contributed by atoms with E-state index in [1.54, 1.807) is 11.3 Å². The largest absolute Gasteiger partial charge is 0.464 e. The second-order valence-electron chi connectivity index (χ2n) is 7.60. The molecule has 0 saturated carbocycles. The van der Waals surface area contributed by atoms with Gasteiger partial charge in [-0.1, -0.05) is 49.3 Å². The van der Waals surface area contributed by atoms with Crippen LogP contribution in [0.15, 0.2) is 51.7 Å². The fourth-order valence-electron chi connectivity index (χ4n) is 2.85. The van der Waals surface area contributed by atoms with Crippen molar-refractivity contribution < 1.29 is 23.6 Å². The van der Waals surface area contributed by atoms with Crippen molar-refractivity contribution in [2.75, 3.05) is 6.61 Å². The summed E-state index contributed by atoms with van der Waals surface area (Å²) in [6.07, 6.45) is -0.107. The van der Waals surface area contributed by atoms with Crippen LogP contribution in [0.1, 0.15) is 43.6 Å². The van der Waals surface area contributed by atoms with Crippen LogP contribution in [-0.4, -0.2) is 34.9 Å². The third-order valence-electron chi connectivity index (χ3n) is 4.81. The van der Waals surface area contributed by atoms with Crippen LogP contribution in [0.3, 0.4) is 0 Å². The number of thiophene rings is 1. The molecule has 0 saturated heterocycles. The fraction of sp³-hybridized carbons (Fsp3) is 0.364. The zero-order valence-electron chi connectivity index (χ0n) is 17.7. The summed E-state index contributed by atoms with van der Waals surface area (Å²) >= 11 is 1.60. The van der Waals surface area contributed by atoms with Crippen LogP contribution in [0.2, 0.25) is 0 Å². The fourth-order valence-corrected chi connectivity index (χ4v) is 3.52. The Morgan fingerprint density at radius 1 is 1.16 bits per heavy atom. The molecule has 9 heteroatoms. The van der Waals surface area contributed by atoms with Crippen molar-refractivity contribution in [3.8, 4) is 0 Å². The maximum Gasteiger partial charge on any atom is 0.407 e. The van der Waals surface area contributed by atoms with Gasteiger partial charge in [-0.25, -0.2) is 4.79 Å². The number of hydrogen-bond acceptors (Lipinski definition) is 8. The van der Waals surface area contributed by atoms with Gasteiger partial charge in [-0.3, -0.25) is 4.79 Å². The maximum atomic E-state index is 12.4. The van der Waals surface area contributed by atoms with Crippen LogP contribution in [0, 0.1) is 0 Å². The van der Waals surface area contributed by atoms with Crippen molar-refractivity contribution in [3.63, 3.8) is 0 Å². The van der Waals surface area contributed by atoms with Crippen molar-refractivity contribution in [1.82, 2.24) is 15.5 Å². The monoisotopic (exact) mass is 443 g/mol. The van der Waals surface area contributed by atoms with Gasteiger partial charge in [0.25, 0.3) is 0 Å². The maximum absolute atomic E-state index is 12.4. The summed E-state index contributed by atoms with van der Waals surface area (Å²) in [7, 11) is 0. The van der Waals surface area contributed by atoms with Gasteiger partial charge in [-0.15, -0.1) is 0 Å². The zero-order valence-corrected chi connectivity index (χ0v) is 18.5. The first kappa shape index (κ1) is 22.5. The molecule has 0 aliphatic rings. The predicted octanol–water partition coefficient (Wildman–Crippen LogP) is 3.86. The molecule has 2 heterocycles. The number of carbonyl (C=O) groups excluding carboxylic acids is 2. The third-order valence-corrected chi connectivity index (χ3v) is 5.54. The van der Waals surface area contributed by atoms with E-state index in [0.717, 1.165) is 11.1 Å². The van der Waals surface area contributed by atoms with Gasteiger partial charge in [0.2, 0.25) is 5.89 Å². The quantitative estimate of drug-likeness (QED) is 0.501. The molecule has 0 spiro atoms. The highest BCUT2D eigenvalue weighted by molar-refractivity contribution is 7.07. The number of aromatic nitrogens is 2. The molecule has 3 aromatic rings. The highest BCUT2D eigenvalue weighted by atomic mass is 32.1. The average molecular weight is 444 g/mol. The first-order chi connectivity index (χ1) is 14.8. The summed E-state index contributed by atoms with van der Waals surface area (Å²) in [5, 5.41) is 10.9. The minimum absolute atomic E-state index is 0.0584. The summed E-state index contributed by atoms with van der Waals surface area (Å²) in [6, 6.07) is 10.7. The highest BCUT2D eigenvalue weighted by Crippen LogP contribution is 2.26. The van der Waals surface area contributed by atoms with Gasteiger partial charge in [0.15, 0.2) is 5.82 Å². The Labute approximate surface area is 184 Å². The molecular formula is C22H25N3O5S. The number of benzene rings is 1. The lowest BCUT2D eigenvalue weighted by atomic mass is 9.84. The molecule has 0 bridgehead atoms. The minimum Gasteiger partial charge on any atom is -0.464 e. The average Bonchev–Trinajstić information content (AvgIpc) is 3.43. The van der Waals surface area contributed by atoms with Gasteiger partial charge < -0.3 is 19.3 Å². The van der Waals surface area contributed by atoms with E-state index in [0.29, 0.717) is 18.1 Å². The topological polar surface area (TPSA) is 104 Å². The molecule has 1 N–H and O–H groups in total.